The Bertz CT molecular complexity index is 698. The molecule has 0 N–H and O–H groups in total. The van der Waals surface area contributed by atoms with Crippen LogP contribution in [0.4, 0.5) is 14.5 Å². The Balaban J connectivity index is 2.63. The predicted molar refractivity (Wildman–Crippen MR) is 74.4 cm³/mol. The molecular weight excluding hydrogens is 332 g/mol. The van der Waals surface area contributed by atoms with Crippen LogP contribution in [0.2, 0.25) is 0 Å². The van der Waals surface area contributed by atoms with Gasteiger partial charge in [0.2, 0.25) is 0 Å². The van der Waals surface area contributed by atoms with Gasteiger partial charge in [-0.1, -0.05) is 21.0 Å². The Labute approximate surface area is 122 Å². The first-order chi connectivity index (χ1) is 9.32. The Morgan fingerprint density at radius 3 is 2.65 bits per heavy atom. The van der Waals surface area contributed by atoms with Crippen molar-refractivity contribution in [3.63, 3.8) is 0 Å². The Kier molecular flexibility index (Phi) is 3.78. The fourth-order valence-corrected chi connectivity index (χ4v) is 2.09. The lowest BCUT2D eigenvalue weighted by Gasteiger charge is -2.09. The third-order valence-corrected chi connectivity index (χ3v) is 3.15. The van der Waals surface area contributed by atoms with Crippen molar-refractivity contribution >= 4 is 21.6 Å². The van der Waals surface area contributed by atoms with Gasteiger partial charge in [0.1, 0.15) is 5.69 Å². The second-order valence-electron chi connectivity index (χ2n) is 4.29. The summed E-state index contributed by atoms with van der Waals surface area (Å²) in [5, 5.41) is 7.45. The van der Waals surface area contributed by atoms with E-state index >= 15 is 0 Å². The molecule has 0 aliphatic rings. The Morgan fingerprint density at radius 1 is 1.40 bits per heavy atom. The van der Waals surface area contributed by atoms with Crippen LogP contribution >= 0.6 is 15.9 Å². The van der Waals surface area contributed by atoms with Crippen LogP contribution in [0, 0.1) is 6.92 Å². The summed E-state index contributed by atoms with van der Waals surface area (Å²) in [6.07, 6.45) is 0. The highest BCUT2D eigenvalue weighted by Gasteiger charge is 2.28. The van der Waals surface area contributed by atoms with E-state index in [0.717, 1.165) is 11.4 Å². The second kappa shape index (κ2) is 5.22. The van der Waals surface area contributed by atoms with Gasteiger partial charge in [0.25, 0.3) is 5.92 Å². The van der Waals surface area contributed by atoms with Crippen LogP contribution in [0.1, 0.15) is 18.3 Å². The maximum atomic E-state index is 13.3. The molecule has 20 heavy (non-hydrogen) atoms. The number of benzene rings is 1. The molecule has 0 saturated heterocycles. The fraction of sp³-hybridized carbons (Fsp3) is 0.250. The summed E-state index contributed by atoms with van der Waals surface area (Å²) in [6.45, 7) is 2.44. The minimum absolute atomic E-state index is 0.305. The van der Waals surface area contributed by atoms with Crippen LogP contribution in [0.3, 0.4) is 0 Å². The molecule has 0 unspecified atom stereocenters. The van der Waals surface area contributed by atoms with E-state index in [2.05, 4.69) is 31.1 Å². The molecule has 0 aliphatic carbocycles. The highest BCUT2D eigenvalue weighted by atomic mass is 79.9. The van der Waals surface area contributed by atoms with Crippen molar-refractivity contribution in [3.05, 3.63) is 50.6 Å². The summed E-state index contributed by atoms with van der Waals surface area (Å²) in [5.74, 6) is -3.02. The summed E-state index contributed by atoms with van der Waals surface area (Å²) in [5.41, 5.74) is 9.52. The standard InChI is InChI=1S/C12H10BrF2N5/c1-7-5-11(12(2,14)15)18-20(7)10-4-3-8(13)6-9(10)17-19-16/h3-6H,1-2H3. The molecule has 1 aromatic heterocycles. The van der Waals surface area contributed by atoms with Gasteiger partial charge in [0.15, 0.2) is 0 Å². The van der Waals surface area contributed by atoms with Crippen molar-refractivity contribution < 1.29 is 8.78 Å². The highest BCUT2D eigenvalue weighted by Crippen LogP contribution is 2.31. The van der Waals surface area contributed by atoms with Gasteiger partial charge in [-0.2, -0.15) is 13.9 Å². The highest BCUT2D eigenvalue weighted by molar-refractivity contribution is 9.10. The zero-order valence-electron chi connectivity index (χ0n) is 10.7. The zero-order chi connectivity index (χ0) is 14.9. The van der Waals surface area contributed by atoms with Gasteiger partial charge in [-0.25, -0.2) is 4.68 Å². The maximum absolute atomic E-state index is 13.3. The largest absolute Gasteiger partial charge is 0.288 e. The summed E-state index contributed by atoms with van der Waals surface area (Å²) in [7, 11) is 0. The van der Waals surface area contributed by atoms with Crippen molar-refractivity contribution in [1.82, 2.24) is 9.78 Å². The van der Waals surface area contributed by atoms with Crippen molar-refractivity contribution in [2.45, 2.75) is 19.8 Å². The van der Waals surface area contributed by atoms with Gasteiger partial charge in [0.05, 0.1) is 11.4 Å². The number of hydrogen-bond donors (Lipinski definition) is 0. The van der Waals surface area contributed by atoms with Gasteiger partial charge in [0, 0.05) is 22.0 Å². The third kappa shape index (κ3) is 2.81. The fourth-order valence-electron chi connectivity index (χ4n) is 1.74. The molecule has 0 atom stereocenters. The summed E-state index contributed by atoms with van der Waals surface area (Å²) >= 11 is 3.26. The van der Waals surface area contributed by atoms with E-state index in [-0.39, 0.29) is 5.69 Å². The number of halogens is 3. The molecule has 2 rings (SSSR count). The minimum atomic E-state index is -3.02. The molecule has 8 heteroatoms. The molecule has 0 saturated carbocycles. The van der Waals surface area contributed by atoms with Crippen molar-refractivity contribution in [2.75, 3.05) is 0 Å². The van der Waals surface area contributed by atoms with Gasteiger partial charge < -0.3 is 0 Å². The molecule has 1 aromatic carbocycles. The Morgan fingerprint density at radius 2 is 2.10 bits per heavy atom. The van der Waals surface area contributed by atoms with E-state index in [0.29, 0.717) is 17.1 Å². The van der Waals surface area contributed by atoms with Crippen LogP contribution < -0.4 is 0 Å². The SMILES string of the molecule is Cc1cc(C(C)(F)F)nn1-c1ccc(Br)cc1N=[N+]=[N-]. The molecule has 0 fully saturated rings. The first-order valence-corrected chi connectivity index (χ1v) is 6.42. The number of rotatable bonds is 3. The summed E-state index contributed by atoms with van der Waals surface area (Å²) < 4.78 is 28.7. The molecule has 1 heterocycles. The lowest BCUT2D eigenvalue weighted by atomic mass is 10.2. The van der Waals surface area contributed by atoms with Crippen molar-refractivity contribution in [2.24, 2.45) is 5.11 Å². The van der Waals surface area contributed by atoms with Crippen LogP contribution in [0.5, 0.6) is 0 Å². The van der Waals surface area contributed by atoms with E-state index in [1.54, 1.807) is 25.1 Å². The molecule has 0 radical (unpaired) electrons. The minimum Gasteiger partial charge on any atom is -0.237 e. The number of nitrogens with zero attached hydrogens (tertiary/aromatic N) is 5. The smallest absolute Gasteiger partial charge is 0.237 e. The predicted octanol–water partition coefficient (Wildman–Crippen LogP) is 5.00. The van der Waals surface area contributed by atoms with E-state index in [1.165, 1.54) is 10.7 Å². The molecular formula is C12H10BrF2N5. The second-order valence-corrected chi connectivity index (χ2v) is 5.21. The van der Waals surface area contributed by atoms with E-state index in [9.17, 15) is 8.78 Å². The molecule has 5 nitrogen and oxygen atoms in total. The Hall–Kier alpha value is -1.92. The van der Waals surface area contributed by atoms with E-state index < -0.39 is 5.92 Å². The van der Waals surface area contributed by atoms with Gasteiger partial charge in [-0.3, -0.25) is 0 Å². The zero-order valence-corrected chi connectivity index (χ0v) is 12.3. The van der Waals surface area contributed by atoms with E-state index in [4.69, 9.17) is 5.53 Å². The first-order valence-electron chi connectivity index (χ1n) is 5.63. The van der Waals surface area contributed by atoms with Gasteiger partial charge >= 0.3 is 0 Å². The first kappa shape index (κ1) is 14.5. The van der Waals surface area contributed by atoms with Crippen LogP contribution in [0.25, 0.3) is 16.1 Å². The van der Waals surface area contributed by atoms with Crippen molar-refractivity contribution in [3.8, 4) is 5.69 Å². The van der Waals surface area contributed by atoms with Crippen LogP contribution in [-0.4, -0.2) is 9.78 Å². The molecule has 0 amide bonds. The number of aromatic nitrogens is 2. The average molecular weight is 342 g/mol. The summed E-state index contributed by atoms with van der Waals surface area (Å²) in [4.78, 5) is 2.73. The topological polar surface area (TPSA) is 66.6 Å². The normalized spacial score (nSPS) is 11.2. The lowest BCUT2D eigenvalue weighted by molar-refractivity contribution is 0.0124. The lowest BCUT2D eigenvalue weighted by Crippen LogP contribution is -2.09. The quantitative estimate of drug-likeness (QED) is 0.440. The number of aryl methyl sites for hydroxylation is 1. The molecule has 0 aliphatic heterocycles. The number of hydrogen-bond acceptors (Lipinski definition) is 2. The number of azide groups is 1. The maximum Gasteiger partial charge on any atom is 0.288 e. The molecule has 2 aromatic rings. The molecule has 0 bridgehead atoms. The van der Waals surface area contributed by atoms with Gasteiger partial charge in [-0.15, -0.1) is 0 Å². The monoisotopic (exact) mass is 341 g/mol. The van der Waals surface area contributed by atoms with Crippen molar-refractivity contribution in [1.29, 1.82) is 0 Å². The third-order valence-electron chi connectivity index (χ3n) is 2.66. The van der Waals surface area contributed by atoms with Gasteiger partial charge in [-0.05, 0) is 36.7 Å². The molecule has 0 spiro atoms. The molecule has 104 valence electrons. The van der Waals surface area contributed by atoms with Crippen LogP contribution in [-0.2, 0) is 5.92 Å². The van der Waals surface area contributed by atoms with Crippen LogP contribution in [0.15, 0.2) is 33.9 Å². The number of alkyl halides is 2. The van der Waals surface area contributed by atoms with E-state index in [1.807, 2.05) is 0 Å². The summed E-state index contributed by atoms with van der Waals surface area (Å²) in [6, 6.07) is 6.27. The average Bonchev–Trinajstić information content (AvgIpc) is 2.72.